The first-order valence-electron chi connectivity index (χ1n) is 13.4. The van der Waals surface area contributed by atoms with Crippen LogP contribution in [0.25, 0.3) is 11.0 Å². The number of ether oxygens (including phenoxy) is 1. The third kappa shape index (κ3) is 7.52. The van der Waals surface area contributed by atoms with Gasteiger partial charge in [-0.25, -0.2) is 14.2 Å². The van der Waals surface area contributed by atoms with E-state index >= 15 is 0 Å². The Morgan fingerprint density at radius 2 is 1.98 bits per heavy atom. The van der Waals surface area contributed by atoms with E-state index in [9.17, 15) is 23.6 Å². The lowest BCUT2D eigenvalue weighted by molar-refractivity contribution is -0.125. The Morgan fingerprint density at radius 1 is 1.24 bits per heavy atom. The van der Waals surface area contributed by atoms with Gasteiger partial charge in [-0.3, -0.25) is 23.9 Å². The summed E-state index contributed by atoms with van der Waals surface area (Å²) in [7, 11) is 6.16. The fourth-order valence-corrected chi connectivity index (χ4v) is 4.30. The van der Waals surface area contributed by atoms with E-state index in [2.05, 4.69) is 20.3 Å². The number of likely N-dealkylation sites (N-methyl/N-ethyl adjacent to an activating group) is 1. The molecule has 2 N–H and O–H groups in total. The number of anilines is 1. The number of allylic oxidation sites excluding steroid dienone is 1. The van der Waals surface area contributed by atoms with E-state index in [4.69, 9.17) is 16.3 Å². The van der Waals surface area contributed by atoms with Gasteiger partial charge in [0.15, 0.2) is 11.9 Å². The third-order valence-corrected chi connectivity index (χ3v) is 6.99. The number of imidazole rings is 1. The summed E-state index contributed by atoms with van der Waals surface area (Å²) < 4.78 is 21.0. The van der Waals surface area contributed by atoms with Crippen LogP contribution in [0.2, 0.25) is 5.15 Å². The van der Waals surface area contributed by atoms with Crippen molar-refractivity contribution in [3.8, 4) is 0 Å². The second-order valence-electron chi connectivity index (χ2n) is 10.5. The van der Waals surface area contributed by atoms with Crippen molar-refractivity contribution in [1.29, 1.82) is 0 Å². The molecule has 3 heterocycles. The van der Waals surface area contributed by atoms with E-state index in [1.54, 1.807) is 20.2 Å². The summed E-state index contributed by atoms with van der Waals surface area (Å²) in [5.41, 5.74) is 0.592. The number of rotatable bonds is 11. The number of nitrogens with zero attached hydrogens (tertiary/aromatic N) is 5. The maximum Gasteiger partial charge on any atom is 0.410 e. The number of carbonyl (C=O) groups excluding carboxylic acids is 3. The van der Waals surface area contributed by atoms with Gasteiger partial charge in [0.1, 0.15) is 22.2 Å². The van der Waals surface area contributed by atoms with Crippen molar-refractivity contribution in [3.05, 3.63) is 63.3 Å². The summed E-state index contributed by atoms with van der Waals surface area (Å²) >= 11 is 6.33. The zero-order valence-corrected chi connectivity index (χ0v) is 24.6. The van der Waals surface area contributed by atoms with Gasteiger partial charge < -0.3 is 24.8 Å². The van der Waals surface area contributed by atoms with Crippen LogP contribution in [0, 0.1) is 11.7 Å². The van der Waals surface area contributed by atoms with E-state index in [1.165, 1.54) is 46.7 Å². The van der Waals surface area contributed by atoms with E-state index in [0.717, 1.165) is 19.0 Å². The fourth-order valence-electron chi connectivity index (χ4n) is 4.10. The van der Waals surface area contributed by atoms with Gasteiger partial charge in [-0.1, -0.05) is 17.7 Å². The molecule has 4 rings (SSSR count). The topological polar surface area (TPSA) is 143 Å². The molecule has 12 nitrogen and oxygen atoms in total. The van der Waals surface area contributed by atoms with Gasteiger partial charge >= 0.3 is 6.09 Å². The van der Waals surface area contributed by atoms with Crippen LogP contribution in [0.1, 0.15) is 37.2 Å². The van der Waals surface area contributed by atoms with E-state index in [0.29, 0.717) is 29.4 Å². The number of H-pyrrole nitrogens is 1. The second-order valence-corrected chi connectivity index (χ2v) is 10.9. The highest BCUT2D eigenvalue weighted by atomic mass is 35.5. The maximum atomic E-state index is 14.5. The number of halogens is 2. The van der Waals surface area contributed by atoms with Gasteiger partial charge in [0, 0.05) is 28.2 Å². The Hall–Kier alpha value is -4.26. The summed E-state index contributed by atoms with van der Waals surface area (Å²) in [6.07, 6.45) is 5.31. The molecule has 1 atom stereocenters. The number of hydrogen-bond donors (Lipinski definition) is 2. The van der Waals surface area contributed by atoms with Gasteiger partial charge in [-0.05, 0) is 56.2 Å². The van der Waals surface area contributed by atoms with Gasteiger partial charge in [-0.15, -0.1) is 0 Å². The van der Waals surface area contributed by atoms with Crippen LogP contribution < -0.4 is 10.9 Å². The Balaban J connectivity index is 1.53. The fraction of sp³-hybridized carbons (Fsp3) is 0.429. The van der Waals surface area contributed by atoms with E-state index < -0.39 is 29.5 Å². The molecule has 0 saturated heterocycles. The molecule has 3 aromatic rings. The first-order chi connectivity index (χ1) is 19.9. The molecule has 0 aliphatic heterocycles. The van der Waals surface area contributed by atoms with Crippen molar-refractivity contribution in [1.82, 2.24) is 29.3 Å². The number of pyridine rings is 2. The number of fused-ring (bicyclic) bond motifs is 1. The van der Waals surface area contributed by atoms with Crippen LogP contribution in [0.3, 0.4) is 0 Å². The Labute approximate surface area is 246 Å². The minimum Gasteiger partial charge on any atom is -0.436 e. The number of carbonyl (C=O) groups is 3. The second kappa shape index (κ2) is 13.1. The van der Waals surface area contributed by atoms with Gasteiger partial charge in [0.2, 0.25) is 5.91 Å². The lowest BCUT2D eigenvalue weighted by Gasteiger charge is -2.20. The molecule has 14 heteroatoms. The molecule has 224 valence electrons. The van der Waals surface area contributed by atoms with Crippen molar-refractivity contribution in [2.75, 3.05) is 33.5 Å². The van der Waals surface area contributed by atoms with Gasteiger partial charge in [0.25, 0.3) is 11.5 Å². The summed E-state index contributed by atoms with van der Waals surface area (Å²) in [6, 6.07) is 2.77. The molecule has 1 aliphatic carbocycles. The van der Waals surface area contributed by atoms with Crippen LogP contribution in [-0.2, 0) is 27.3 Å². The SMILES string of the molecule is CN(C)C(=O)C=CCCC(OC(=O)N(C)C)C(=O)Nc1ccc(Cl)n(Cc2nc3c(F)cnc(CC4CC4)c3[nH]2)c1=O. The normalized spacial score (nSPS) is 13.8. The molecule has 42 heavy (non-hydrogen) atoms. The van der Waals surface area contributed by atoms with Crippen LogP contribution in [0.15, 0.2) is 35.3 Å². The minimum absolute atomic E-state index is 0.0617. The van der Waals surface area contributed by atoms with Crippen LogP contribution in [0.5, 0.6) is 0 Å². The molecule has 0 bridgehead atoms. The predicted molar refractivity (Wildman–Crippen MR) is 155 cm³/mol. The smallest absolute Gasteiger partial charge is 0.410 e. The number of aromatic nitrogens is 4. The quantitative estimate of drug-likeness (QED) is 0.253. The van der Waals surface area contributed by atoms with E-state index in [-0.39, 0.29) is 41.7 Å². The first kappa shape index (κ1) is 30.7. The standard InChI is InChI=1S/C28H33ClFN7O5/c1-35(2)23(38)8-6-5-7-20(42-28(41)36(3)4)26(39)32-18-11-12-21(29)37(27(18)40)15-22-33-24-17(30)14-31-19(25(24)34-22)13-16-9-10-16/h6,8,11-12,14,16,20H,5,7,9-10,13,15H2,1-4H3,(H,32,39)(H,33,34). The first-order valence-corrected chi connectivity index (χ1v) is 13.8. The van der Waals surface area contributed by atoms with Gasteiger partial charge in [-0.2, -0.15) is 0 Å². The Kier molecular flexibility index (Phi) is 9.61. The van der Waals surface area contributed by atoms with Crippen LogP contribution in [0.4, 0.5) is 14.9 Å². The summed E-state index contributed by atoms with van der Waals surface area (Å²) in [5.74, 6) is -0.729. The number of nitrogens with one attached hydrogen (secondary N) is 2. The monoisotopic (exact) mass is 601 g/mol. The molecule has 1 saturated carbocycles. The van der Waals surface area contributed by atoms with E-state index in [1.807, 2.05) is 0 Å². The lowest BCUT2D eigenvalue weighted by Crippen LogP contribution is -2.37. The minimum atomic E-state index is -1.25. The van der Waals surface area contributed by atoms with Crippen LogP contribution >= 0.6 is 11.6 Å². The summed E-state index contributed by atoms with van der Waals surface area (Å²) in [6.45, 7) is -0.123. The highest BCUT2D eigenvalue weighted by Gasteiger charge is 2.26. The molecule has 3 aromatic heterocycles. The number of hydrogen-bond acceptors (Lipinski definition) is 7. The maximum absolute atomic E-state index is 14.5. The molecule has 3 amide bonds. The van der Waals surface area contributed by atoms with Crippen molar-refractivity contribution < 1.29 is 23.5 Å². The average molecular weight is 602 g/mol. The molecular formula is C28H33ClFN7O5. The van der Waals surface area contributed by atoms with Crippen molar-refractivity contribution in [2.24, 2.45) is 5.92 Å². The molecule has 0 aromatic carbocycles. The summed E-state index contributed by atoms with van der Waals surface area (Å²) in [4.78, 5) is 64.7. The number of amides is 3. The zero-order valence-electron chi connectivity index (χ0n) is 23.8. The molecular weight excluding hydrogens is 569 g/mol. The molecule has 0 radical (unpaired) electrons. The molecule has 1 fully saturated rings. The largest absolute Gasteiger partial charge is 0.436 e. The van der Waals surface area contributed by atoms with Crippen LogP contribution in [-0.4, -0.2) is 81.5 Å². The van der Waals surface area contributed by atoms with Crippen molar-refractivity contribution in [3.63, 3.8) is 0 Å². The average Bonchev–Trinajstić information content (AvgIpc) is 3.66. The third-order valence-electron chi connectivity index (χ3n) is 6.66. The number of aromatic amines is 1. The summed E-state index contributed by atoms with van der Waals surface area (Å²) in [5, 5.41) is 2.59. The molecule has 0 spiro atoms. The Bertz CT molecular complexity index is 1580. The highest BCUT2D eigenvalue weighted by molar-refractivity contribution is 6.29. The lowest BCUT2D eigenvalue weighted by atomic mass is 10.1. The Morgan fingerprint density at radius 3 is 2.64 bits per heavy atom. The molecule has 1 aliphatic rings. The highest BCUT2D eigenvalue weighted by Crippen LogP contribution is 2.34. The van der Waals surface area contributed by atoms with Crippen molar-refractivity contribution >= 4 is 46.2 Å². The predicted octanol–water partition coefficient (Wildman–Crippen LogP) is 3.34. The molecule has 1 unspecified atom stereocenters. The van der Waals surface area contributed by atoms with Gasteiger partial charge in [0.05, 0.1) is 24.0 Å². The zero-order chi connectivity index (χ0) is 30.6. The van der Waals surface area contributed by atoms with Crippen molar-refractivity contribution in [2.45, 2.75) is 44.8 Å².